The molecule has 0 aliphatic carbocycles. The summed E-state index contributed by atoms with van der Waals surface area (Å²) in [5.74, 6) is -0.313. The minimum Gasteiger partial charge on any atom is -0.332 e. The van der Waals surface area contributed by atoms with Crippen LogP contribution in [0.15, 0.2) is 65.1 Å². The van der Waals surface area contributed by atoms with E-state index < -0.39 is 0 Å². The molecule has 0 spiro atoms. The summed E-state index contributed by atoms with van der Waals surface area (Å²) in [4.78, 5) is 24.7. The number of carbonyl (C=O) groups excluding carboxylic acids is 2. The molecule has 2 amide bonds. The predicted molar refractivity (Wildman–Crippen MR) is 130 cm³/mol. The van der Waals surface area contributed by atoms with Gasteiger partial charge in [0.2, 0.25) is 5.91 Å². The van der Waals surface area contributed by atoms with E-state index >= 15 is 0 Å². The van der Waals surface area contributed by atoms with E-state index in [2.05, 4.69) is 31.9 Å². The van der Waals surface area contributed by atoms with Gasteiger partial charge in [-0.15, -0.1) is 0 Å². The van der Waals surface area contributed by atoms with Gasteiger partial charge in [0.15, 0.2) is 5.11 Å². The second-order valence-electron chi connectivity index (χ2n) is 6.78. The smallest absolute Gasteiger partial charge is 0.258 e. The van der Waals surface area contributed by atoms with Gasteiger partial charge in [-0.2, -0.15) is 0 Å². The van der Waals surface area contributed by atoms with Gasteiger partial charge in [0.25, 0.3) is 5.91 Å². The van der Waals surface area contributed by atoms with E-state index in [1.54, 1.807) is 12.1 Å². The maximum Gasteiger partial charge on any atom is 0.258 e. The van der Waals surface area contributed by atoms with Crippen molar-refractivity contribution in [2.75, 3.05) is 10.6 Å². The number of fused-ring (bicyclic) bond motifs is 1. The third-order valence-corrected chi connectivity index (χ3v) is 5.40. The molecule has 3 aromatic carbocycles. The lowest BCUT2D eigenvalue weighted by Crippen LogP contribution is -2.34. The van der Waals surface area contributed by atoms with E-state index in [1.807, 2.05) is 55.5 Å². The van der Waals surface area contributed by atoms with Crippen LogP contribution in [0.25, 0.3) is 10.8 Å². The number of rotatable bonds is 6. The third kappa shape index (κ3) is 5.64. The van der Waals surface area contributed by atoms with Crippen molar-refractivity contribution in [1.82, 2.24) is 5.32 Å². The number of anilines is 2. The Bertz CT molecular complexity index is 1100. The standard InChI is InChI=1S/C23H22BrN3O2S/c1-2-3-13-21(28)25-15-7-4-8-16(14-15)26-23(30)27-22(29)19-11-5-10-18-17(19)9-6-12-20(18)24/h4-12,14H,2-3,13H2,1H3,(H,25,28)(H2,26,27,29,30). The minimum atomic E-state index is -0.291. The van der Waals surface area contributed by atoms with Crippen LogP contribution in [0.4, 0.5) is 11.4 Å². The van der Waals surface area contributed by atoms with Gasteiger partial charge in [0, 0.05) is 27.8 Å². The van der Waals surface area contributed by atoms with Crippen molar-refractivity contribution in [3.63, 3.8) is 0 Å². The number of hydrogen-bond acceptors (Lipinski definition) is 3. The largest absolute Gasteiger partial charge is 0.332 e. The van der Waals surface area contributed by atoms with Gasteiger partial charge < -0.3 is 10.6 Å². The summed E-state index contributed by atoms with van der Waals surface area (Å²) in [7, 11) is 0. The average Bonchev–Trinajstić information content (AvgIpc) is 2.72. The second-order valence-corrected chi connectivity index (χ2v) is 8.04. The molecule has 3 N–H and O–H groups in total. The van der Waals surface area contributed by atoms with Crippen LogP contribution >= 0.6 is 28.1 Å². The van der Waals surface area contributed by atoms with Crippen LogP contribution in [0.5, 0.6) is 0 Å². The van der Waals surface area contributed by atoms with Crippen LogP contribution in [0.3, 0.4) is 0 Å². The van der Waals surface area contributed by atoms with Crippen molar-refractivity contribution in [3.05, 3.63) is 70.7 Å². The molecule has 0 bridgehead atoms. The van der Waals surface area contributed by atoms with Gasteiger partial charge in [-0.05, 0) is 59.7 Å². The van der Waals surface area contributed by atoms with Crippen molar-refractivity contribution >= 4 is 67.2 Å². The molecule has 3 rings (SSSR count). The normalized spacial score (nSPS) is 10.5. The van der Waals surface area contributed by atoms with Crippen LogP contribution in [0.2, 0.25) is 0 Å². The monoisotopic (exact) mass is 483 g/mol. The number of benzene rings is 3. The highest BCUT2D eigenvalue weighted by atomic mass is 79.9. The molecule has 0 aromatic heterocycles. The SMILES string of the molecule is CCCCC(=O)Nc1cccc(NC(=S)NC(=O)c2cccc3c(Br)cccc23)c1. The van der Waals surface area contributed by atoms with Gasteiger partial charge in [0.05, 0.1) is 0 Å². The third-order valence-electron chi connectivity index (χ3n) is 4.50. The van der Waals surface area contributed by atoms with Crippen molar-refractivity contribution in [1.29, 1.82) is 0 Å². The molecule has 7 heteroatoms. The molecule has 0 radical (unpaired) electrons. The van der Waals surface area contributed by atoms with Crippen molar-refractivity contribution in [2.24, 2.45) is 0 Å². The Hall–Kier alpha value is -2.77. The Balaban J connectivity index is 1.66. The van der Waals surface area contributed by atoms with E-state index in [-0.39, 0.29) is 16.9 Å². The Morgan fingerprint density at radius 3 is 2.37 bits per heavy atom. The molecule has 0 atom stereocenters. The predicted octanol–water partition coefficient (Wildman–Crippen LogP) is 5.86. The summed E-state index contributed by atoms with van der Waals surface area (Å²) in [6.45, 7) is 2.05. The zero-order chi connectivity index (χ0) is 21.5. The molecule has 30 heavy (non-hydrogen) atoms. The van der Waals surface area contributed by atoms with Crippen molar-refractivity contribution in [2.45, 2.75) is 26.2 Å². The highest BCUT2D eigenvalue weighted by Crippen LogP contribution is 2.26. The summed E-state index contributed by atoms with van der Waals surface area (Å²) in [6.07, 6.45) is 2.31. The molecule has 0 unspecified atom stereocenters. The fourth-order valence-electron chi connectivity index (χ4n) is 3.04. The van der Waals surface area contributed by atoms with Crippen LogP contribution in [-0.2, 0) is 4.79 Å². The molecule has 0 fully saturated rings. The van der Waals surface area contributed by atoms with Gasteiger partial charge in [0.1, 0.15) is 0 Å². The van der Waals surface area contributed by atoms with Gasteiger partial charge >= 0.3 is 0 Å². The zero-order valence-corrected chi connectivity index (χ0v) is 18.9. The molecule has 0 saturated heterocycles. The number of thiocarbonyl (C=S) groups is 1. The van der Waals surface area contributed by atoms with E-state index in [4.69, 9.17) is 12.2 Å². The Kier molecular flexibility index (Phi) is 7.54. The maximum atomic E-state index is 12.8. The molecule has 0 heterocycles. The van der Waals surface area contributed by atoms with Crippen molar-refractivity contribution in [3.8, 4) is 0 Å². The van der Waals surface area contributed by atoms with E-state index in [9.17, 15) is 9.59 Å². The number of hydrogen-bond donors (Lipinski definition) is 3. The first-order valence-electron chi connectivity index (χ1n) is 9.67. The molecular weight excluding hydrogens is 462 g/mol. The molecule has 154 valence electrons. The first kappa shape index (κ1) is 21.9. The lowest BCUT2D eigenvalue weighted by molar-refractivity contribution is -0.116. The lowest BCUT2D eigenvalue weighted by Gasteiger charge is -2.12. The fourth-order valence-corrected chi connectivity index (χ4v) is 3.75. The lowest BCUT2D eigenvalue weighted by atomic mass is 10.0. The number of halogens is 1. The van der Waals surface area contributed by atoms with E-state index in [1.165, 1.54) is 0 Å². The number of amides is 2. The van der Waals surface area contributed by atoms with Gasteiger partial charge in [-0.25, -0.2) is 0 Å². The first-order chi connectivity index (χ1) is 14.5. The topological polar surface area (TPSA) is 70.2 Å². The Labute approximate surface area is 189 Å². The van der Waals surface area contributed by atoms with Crippen LogP contribution < -0.4 is 16.0 Å². The molecule has 5 nitrogen and oxygen atoms in total. The Morgan fingerprint density at radius 2 is 1.60 bits per heavy atom. The van der Waals surface area contributed by atoms with Crippen LogP contribution in [-0.4, -0.2) is 16.9 Å². The molecule has 0 aliphatic rings. The minimum absolute atomic E-state index is 0.0213. The Morgan fingerprint density at radius 1 is 0.933 bits per heavy atom. The maximum absolute atomic E-state index is 12.8. The van der Waals surface area contributed by atoms with Gasteiger partial charge in [-0.3, -0.25) is 14.9 Å². The summed E-state index contributed by atoms with van der Waals surface area (Å²) < 4.78 is 0.924. The van der Waals surface area contributed by atoms with E-state index in [0.29, 0.717) is 23.4 Å². The summed E-state index contributed by atoms with van der Waals surface area (Å²) >= 11 is 8.82. The average molecular weight is 484 g/mol. The zero-order valence-electron chi connectivity index (χ0n) is 16.5. The number of nitrogens with one attached hydrogen (secondary N) is 3. The second kappa shape index (κ2) is 10.3. The molecule has 0 aliphatic heterocycles. The van der Waals surface area contributed by atoms with E-state index in [0.717, 1.165) is 28.1 Å². The highest BCUT2D eigenvalue weighted by Gasteiger charge is 2.13. The number of unbranched alkanes of at least 4 members (excludes halogenated alkanes) is 1. The van der Waals surface area contributed by atoms with Gasteiger partial charge in [-0.1, -0.05) is 59.6 Å². The molecule has 3 aromatic rings. The van der Waals surface area contributed by atoms with Crippen LogP contribution in [0, 0.1) is 0 Å². The molecular formula is C23H22BrN3O2S. The summed E-state index contributed by atoms with van der Waals surface area (Å²) in [5, 5.41) is 10.6. The summed E-state index contributed by atoms with van der Waals surface area (Å²) in [5.41, 5.74) is 1.89. The fraction of sp³-hybridized carbons (Fsp3) is 0.174. The first-order valence-corrected chi connectivity index (χ1v) is 10.9. The summed E-state index contributed by atoms with van der Waals surface area (Å²) in [6, 6.07) is 18.5. The molecule has 0 saturated carbocycles. The quantitative estimate of drug-likeness (QED) is 0.384. The van der Waals surface area contributed by atoms with Crippen LogP contribution in [0.1, 0.15) is 36.5 Å². The van der Waals surface area contributed by atoms with Crippen molar-refractivity contribution < 1.29 is 9.59 Å². The highest BCUT2D eigenvalue weighted by molar-refractivity contribution is 9.10. The number of carbonyl (C=O) groups is 2.